The summed E-state index contributed by atoms with van der Waals surface area (Å²) in [6.07, 6.45) is 0. The fourth-order valence-electron chi connectivity index (χ4n) is 1.97. The number of nitrogens with one attached hydrogen (secondary N) is 2. The zero-order chi connectivity index (χ0) is 13.2. The molecule has 17 heavy (non-hydrogen) atoms. The first-order chi connectivity index (χ1) is 7.73. The summed E-state index contributed by atoms with van der Waals surface area (Å²) in [4.78, 5) is 14.2. The zero-order valence-corrected chi connectivity index (χ0v) is 12.0. The molecule has 1 heterocycles. The number of nitrogens with zero attached hydrogens (tertiary/aromatic N) is 1. The van der Waals surface area contributed by atoms with Crippen LogP contribution < -0.4 is 10.6 Å². The van der Waals surface area contributed by atoms with E-state index in [1.54, 1.807) is 0 Å². The Morgan fingerprint density at radius 1 is 1.29 bits per heavy atom. The molecular formula is C13H27N3O. The minimum atomic E-state index is -0.0824. The van der Waals surface area contributed by atoms with Crippen molar-refractivity contribution >= 4 is 5.91 Å². The van der Waals surface area contributed by atoms with Crippen LogP contribution in [0.15, 0.2) is 0 Å². The highest BCUT2D eigenvalue weighted by Crippen LogP contribution is 2.23. The maximum Gasteiger partial charge on any atom is 0.241 e. The molecule has 1 aliphatic heterocycles. The number of carbonyl (C=O) groups excluding carboxylic acids is 1. The van der Waals surface area contributed by atoms with Gasteiger partial charge < -0.3 is 15.5 Å². The van der Waals surface area contributed by atoms with Crippen molar-refractivity contribution in [3.8, 4) is 0 Å². The van der Waals surface area contributed by atoms with Gasteiger partial charge in [0.1, 0.15) is 0 Å². The molecule has 3 atom stereocenters. The first kappa shape index (κ1) is 14.5. The summed E-state index contributed by atoms with van der Waals surface area (Å²) in [6, 6.07) is 0.599. The summed E-state index contributed by atoms with van der Waals surface area (Å²) in [5, 5.41) is 6.64. The molecule has 0 aromatic carbocycles. The number of hydrogen-bond donors (Lipinski definition) is 2. The number of piperazine rings is 1. The monoisotopic (exact) mass is 241 g/mol. The number of rotatable bonds is 2. The molecule has 1 fully saturated rings. The van der Waals surface area contributed by atoms with Crippen molar-refractivity contribution in [2.24, 2.45) is 5.41 Å². The molecule has 4 nitrogen and oxygen atoms in total. The van der Waals surface area contributed by atoms with Crippen molar-refractivity contribution < 1.29 is 4.79 Å². The van der Waals surface area contributed by atoms with E-state index in [0.717, 1.165) is 13.1 Å². The minimum absolute atomic E-state index is 0.0824. The van der Waals surface area contributed by atoms with E-state index in [0.29, 0.717) is 6.04 Å². The molecule has 0 bridgehead atoms. The van der Waals surface area contributed by atoms with Crippen molar-refractivity contribution in [2.45, 2.75) is 52.7 Å². The lowest BCUT2D eigenvalue weighted by Gasteiger charge is -2.38. The smallest absolute Gasteiger partial charge is 0.241 e. The molecule has 4 heteroatoms. The van der Waals surface area contributed by atoms with Crippen LogP contribution in [0.25, 0.3) is 0 Å². The molecule has 2 N–H and O–H groups in total. The van der Waals surface area contributed by atoms with Gasteiger partial charge in [0, 0.05) is 32.2 Å². The van der Waals surface area contributed by atoms with Crippen LogP contribution in [0.3, 0.4) is 0 Å². The Morgan fingerprint density at radius 2 is 1.88 bits per heavy atom. The van der Waals surface area contributed by atoms with E-state index in [1.807, 2.05) is 11.9 Å². The summed E-state index contributed by atoms with van der Waals surface area (Å²) in [5.74, 6) is 0.187. The Morgan fingerprint density at radius 3 is 2.29 bits per heavy atom. The van der Waals surface area contributed by atoms with Crippen LogP contribution in [0.1, 0.15) is 34.6 Å². The standard InChI is InChI=1S/C13H27N3O/c1-9-7-15-11(8-14-9)12(17)16(6)10(2)13(3,4)5/h9-11,14-15H,7-8H2,1-6H3. The lowest BCUT2D eigenvalue weighted by molar-refractivity contribution is -0.136. The van der Waals surface area contributed by atoms with E-state index in [9.17, 15) is 4.79 Å². The molecule has 1 aliphatic rings. The average molecular weight is 241 g/mol. The summed E-state index contributed by atoms with van der Waals surface area (Å²) in [6.45, 7) is 12.3. The Kier molecular flexibility index (Phi) is 4.55. The fourth-order valence-corrected chi connectivity index (χ4v) is 1.97. The molecule has 0 spiro atoms. The summed E-state index contributed by atoms with van der Waals surface area (Å²) in [7, 11) is 1.90. The topological polar surface area (TPSA) is 44.4 Å². The molecule has 1 saturated heterocycles. The van der Waals surface area contributed by atoms with E-state index < -0.39 is 0 Å². The second-order valence-electron chi connectivity index (χ2n) is 6.26. The summed E-state index contributed by atoms with van der Waals surface area (Å²) >= 11 is 0. The Labute approximate surface area is 105 Å². The normalized spacial score (nSPS) is 27.6. The predicted octanol–water partition coefficient (Wildman–Crippen LogP) is 0.829. The van der Waals surface area contributed by atoms with Gasteiger partial charge in [-0.05, 0) is 19.3 Å². The van der Waals surface area contributed by atoms with E-state index in [4.69, 9.17) is 0 Å². The van der Waals surface area contributed by atoms with Crippen molar-refractivity contribution in [1.29, 1.82) is 0 Å². The van der Waals surface area contributed by atoms with Gasteiger partial charge in [0.25, 0.3) is 0 Å². The predicted molar refractivity (Wildman–Crippen MR) is 70.9 cm³/mol. The maximum absolute atomic E-state index is 12.3. The summed E-state index contributed by atoms with van der Waals surface area (Å²) < 4.78 is 0. The fraction of sp³-hybridized carbons (Fsp3) is 0.923. The average Bonchev–Trinajstić information content (AvgIpc) is 2.26. The van der Waals surface area contributed by atoms with Crippen LogP contribution in [-0.4, -0.2) is 49.1 Å². The first-order valence-electron chi connectivity index (χ1n) is 6.47. The third-order valence-corrected chi connectivity index (χ3v) is 3.82. The van der Waals surface area contributed by atoms with Gasteiger partial charge in [-0.25, -0.2) is 0 Å². The highest BCUT2D eigenvalue weighted by molar-refractivity contribution is 5.82. The molecule has 3 unspecified atom stereocenters. The molecule has 0 aliphatic carbocycles. The number of likely N-dealkylation sites (N-methyl/N-ethyl adjacent to an activating group) is 1. The molecule has 0 saturated carbocycles. The SMILES string of the molecule is CC1CNC(C(=O)N(C)C(C)C(C)(C)C)CN1. The van der Waals surface area contributed by atoms with Crippen LogP contribution in [-0.2, 0) is 4.79 Å². The molecule has 1 rings (SSSR count). The molecule has 0 radical (unpaired) electrons. The molecule has 0 aromatic heterocycles. The number of carbonyl (C=O) groups is 1. The molecule has 1 amide bonds. The Hall–Kier alpha value is -0.610. The highest BCUT2D eigenvalue weighted by atomic mass is 16.2. The Bertz CT molecular complexity index is 264. The van der Waals surface area contributed by atoms with E-state index in [1.165, 1.54) is 0 Å². The van der Waals surface area contributed by atoms with Gasteiger partial charge in [0.2, 0.25) is 5.91 Å². The zero-order valence-electron chi connectivity index (χ0n) is 12.0. The second-order valence-corrected chi connectivity index (χ2v) is 6.26. The van der Waals surface area contributed by atoms with Gasteiger partial charge in [0.15, 0.2) is 0 Å². The van der Waals surface area contributed by atoms with Crippen molar-refractivity contribution in [1.82, 2.24) is 15.5 Å². The quantitative estimate of drug-likeness (QED) is 0.752. The number of hydrogen-bond acceptors (Lipinski definition) is 3. The van der Waals surface area contributed by atoms with E-state index in [2.05, 4.69) is 45.3 Å². The van der Waals surface area contributed by atoms with E-state index >= 15 is 0 Å². The van der Waals surface area contributed by atoms with Crippen LogP contribution in [0.5, 0.6) is 0 Å². The van der Waals surface area contributed by atoms with E-state index in [-0.39, 0.29) is 23.4 Å². The van der Waals surface area contributed by atoms with Gasteiger partial charge in [-0.1, -0.05) is 20.8 Å². The van der Waals surface area contributed by atoms with Gasteiger partial charge >= 0.3 is 0 Å². The van der Waals surface area contributed by atoms with Crippen LogP contribution in [0.2, 0.25) is 0 Å². The van der Waals surface area contributed by atoms with Gasteiger partial charge in [-0.3, -0.25) is 4.79 Å². The van der Waals surface area contributed by atoms with Crippen LogP contribution in [0.4, 0.5) is 0 Å². The molecule has 0 aromatic rings. The maximum atomic E-state index is 12.3. The highest BCUT2D eigenvalue weighted by Gasteiger charge is 2.32. The molecule has 100 valence electrons. The largest absolute Gasteiger partial charge is 0.341 e. The Balaban J connectivity index is 2.58. The van der Waals surface area contributed by atoms with Crippen LogP contribution in [0, 0.1) is 5.41 Å². The summed E-state index contributed by atoms with van der Waals surface area (Å²) in [5.41, 5.74) is 0.111. The van der Waals surface area contributed by atoms with Gasteiger partial charge in [-0.2, -0.15) is 0 Å². The molecular weight excluding hydrogens is 214 g/mol. The van der Waals surface area contributed by atoms with Crippen LogP contribution >= 0.6 is 0 Å². The van der Waals surface area contributed by atoms with Gasteiger partial charge in [0.05, 0.1) is 6.04 Å². The van der Waals surface area contributed by atoms with Gasteiger partial charge in [-0.15, -0.1) is 0 Å². The lowest BCUT2D eigenvalue weighted by Crippen LogP contribution is -2.60. The second kappa shape index (κ2) is 5.36. The van der Waals surface area contributed by atoms with Crippen molar-refractivity contribution in [3.05, 3.63) is 0 Å². The first-order valence-corrected chi connectivity index (χ1v) is 6.47. The third kappa shape index (κ3) is 3.68. The van der Waals surface area contributed by atoms with Crippen molar-refractivity contribution in [3.63, 3.8) is 0 Å². The third-order valence-electron chi connectivity index (χ3n) is 3.82. The number of amides is 1. The minimum Gasteiger partial charge on any atom is -0.341 e. The van der Waals surface area contributed by atoms with Crippen molar-refractivity contribution in [2.75, 3.05) is 20.1 Å². The lowest BCUT2D eigenvalue weighted by atomic mass is 9.87.